The minimum atomic E-state index is -6.26. The molecule has 0 heterocycles. The number of esters is 2. The molecule has 0 amide bonds. The van der Waals surface area contributed by atoms with Crippen molar-refractivity contribution in [2.75, 3.05) is 13.2 Å². The summed E-state index contributed by atoms with van der Waals surface area (Å²) in [5.41, 5.74) is 0. The Morgan fingerprint density at radius 1 is 1.16 bits per heavy atom. The van der Waals surface area contributed by atoms with E-state index in [4.69, 9.17) is 4.55 Å². The van der Waals surface area contributed by atoms with Gasteiger partial charge in [0, 0.05) is 0 Å². The Bertz CT molecular complexity index is 642. The molecule has 1 unspecified atom stereocenters. The van der Waals surface area contributed by atoms with Crippen LogP contribution in [-0.2, 0) is 33.9 Å². The van der Waals surface area contributed by atoms with Crippen molar-refractivity contribution in [3.05, 3.63) is 12.4 Å². The third-order valence-corrected chi connectivity index (χ3v) is 3.07. The normalized spacial score (nSPS) is 15.2. The number of carbonyl (C=O) groups excluding carboxylic acids is 2. The zero-order valence-electron chi connectivity index (χ0n) is 12.1. The Morgan fingerprint density at radius 2 is 1.64 bits per heavy atom. The molecule has 0 aromatic carbocycles. The van der Waals surface area contributed by atoms with Gasteiger partial charge in [0.25, 0.3) is 0 Å². The number of halogens is 6. The molecular formula is C10H10F6O8S. The molecule has 0 saturated heterocycles. The zero-order valence-corrected chi connectivity index (χ0v) is 12.9. The summed E-state index contributed by atoms with van der Waals surface area (Å²) < 4.78 is 118. The first-order valence-corrected chi connectivity index (χ1v) is 7.26. The fourth-order valence-corrected chi connectivity index (χ4v) is 1.27. The lowest BCUT2D eigenvalue weighted by atomic mass is 10.2. The van der Waals surface area contributed by atoms with Crippen LogP contribution in [0.15, 0.2) is 12.4 Å². The van der Waals surface area contributed by atoms with Crippen molar-refractivity contribution in [2.24, 2.45) is 0 Å². The molecule has 8 nitrogen and oxygen atoms in total. The molecule has 0 saturated carbocycles. The van der Waals surface area contributed by atoms with Gasteiger partial charge < -0.3 is 14.2 Å². The number of hydrogen-bond donors (Lipinski definition) is 1. The predicted octanol–water partition coefficient (Wildman–Crippen LogP) is 1.33. The van der Waals surface area contributed by atoms with Crippen molar-refractivity contribution in [2.45, 2.75) is 24.1 Å². The van der Waals surface area contributed by atoms with Crippen molar-refractivity contribution in [3.63, 3.8) is 0 Å². The lowest BCUT2D eigenvalue weighted by molar-refractivity contribution is -0.360. The first kappa shape index (κ1) is 23.1. The number of ether oxygens (including phenoxy) is 3. The third-order valence-electron chi connectivity index (χ3n) is 2.20. The maximum Gasteiger partial charge on any atom is 0.468 e. The number of alkyl halides is 5. The molecule has 15 heteroatoms. The number of hydrogen-bond acceptors (Lipinski definition) is 7. The van der Waals surface area contributed by atoms with Crippen LogP contribution in [0.4, 0.5) is 26.3 Å². The van der Waals surface area contributed by atoms with Crippen LogP contribution >= 0.6 is 0 Å². The molecule has 0 spiro atoms. The molecule has 0 aromatic rings. The zero-order chi connectivity index (χ0) is 20.3. The Kier molecular flexibility index (Phi) is 7.00. The van der Waals surface area contributed by atoms with Crippen LogP contribution in [0.2, 0.25) is 0 Å². The smallest absolute Gasteiger partial charge is 0.461 e. The topological polar surface area (TPSA) is 116 Å². The summed E-state index contributed by atoms with van der Waals surface area (Å²) in [6.07, 6.45) is -6.11. The first-order valence-electron chi connectivity index (χ1n) is 5.82. The van der Waals surface area contributed by atoms with Crippen LogP contribution in [0.5, 0.6) is 0 Å². The molecule has 1 N–H and O–H groups in total. The predicted molar refractivity (Wildman–Crippen MR) is 64.2 cm³/mol. The minimum absolute atomic E-state index is 0.789. The van der Waals surface area contributed by atoms with E-state index in [0.717, 1.165) is 6.92 Å². The molecule has 146 valence electrons. The van der Waals surface area contributed by atoms with Gasteiger partial charge in [0.15, 0.2) is 0 Å². The summed E-state index contributed by atoms with van der Waals surface area (Å²) >= 11 is 0. The van der Waals surface area contributed by atoms with Crippen LogP contribution < -0.4 is 0 Å². The third kappa shape index (κ3) is 5.30. The molecule has 0 rings (SSSR count). The summed E-state index contributed by atoms with van der Waals surface area (Å²) in [4.78, 5) is 22.5. The average Bonchev–Trinajstić information content (AvgIpc) is 2.40. The van der Waals surface area contributed by atoms with E-state index in [0.29, 0.717) is 0 Å². The number of carbonyl (C=O) groups is 2. The van der Waals surface area contributed by atoms with Gasteiger partial charge in [-0.3, -0.25) is 4.55 Å². The molecule has 0 bridgehead atoms. The van der Waals surface area contributed by atoms with Crippen LogP contribution in [0, 0.1) is 0 Å². The quantitative estimate of drug-likeness (QED) is 0.212. The lowest BCUT2D eigenvalue weighted by Gasteiger charge is -2.32. The second-order valence-corrected chi connectivity index (χ2v) is 5.58. The first-order chi connectivity index (χ1) is 11.0. The second-order valence-electron chi connectivity index (χ2n) is 4.03. The van der Waals surface area contributed by atoms with Gasteiger partial charge in [-0.05, 0) is 6.92 Å². The van der Waals surface area contributed by atoms with Crippen molar-refractivity contribution >= 4 is 22.1 Å². The second kappa shape index (κ2) is 7.57. The van der Waals surface area contributed by atoms with Crippen LogP contribution in [0.3, 0.4) is 0 Å². The Balaban J connectivity index is 6.06. The summed E-state index contributed by atoms with van der Waals surface area (Å²) in [5, 5.41) is -5.34. The molecule has 0 radical (unpaired) electrons. The van der Waals surface area contributed by atoms with Crippen molar-refractivity contribution in [1.82, 2.24) is 0 Å². The molecule has 0 aliphatic carbocycles. The van der Waals surface area contributed by atoms with Crippen LogP contribution in [0.25, 0.3) is 0 Å². The van der Waals surface area contributed by atoms with E-state index in [-0.39, 0.29) is 0 Å². The Hall–Kier alpha value is -1.87. The van der Waals surface area contributed by atoms with Gasteiger partial charge in [0.05, 0.1) is 6.61 Å². The minimum Gasteiger partial charge on any atom is -0.461 e. The van der Waals surface area contributed by atoms with Crippen LogP contribution in [0.1, 0.15) is 6.92 Å². The van der Waals surface area contributed by atoms with Gasteiger partial charge in [0.2, 0.25) is 5.83 Å². The van der Waals surface area contributed by atoms with Crippen molar-refractivity contribution in [1.29, 1.82) is 0 Å². The summed E-state index contributed by atoms with van der Waals surface area (Å²) in [7, 11) is -6.26. The van der Waals surface area contributed by atoms with E-state index >= 15 is 0 Å². The highest BCUT2D eigenvalue weighted by atomic mass is 32.2. The fourth-order valence-electron chi connectivity index (χ4n) is 1.06. The molecule has 0 fully saturated rings. The number of rotatable bonds is 8. The van der Waals surface area contributed by atoms with E-state index < -0.39 is 58.3 Å². The van der Waals surface area contributed by atoms with Gasteiger partial charge in [-0.15, -0.1) is 0 Å². The van der Waals surface area contributed by atoms with E-state index in [1.807, 2.05) is 0 Å². The highest BCUT2D eigenvalue weighted by Gasteiger charge is 2.69. The molecular weight excluding hydrogens is 394 g/mol. The van der Waals surface area contributed by atoms with Crippen molar-refractivity contribution < 1.29 is 63.1 Å². The largest absolute Gasteiger partial charge is 0.468 e. The van der Waals surface area contributed by atoms with Crippen molar-refractivity contribution in [3.8, 4) is 0 Å². The van der Waals surface area contributed by atoms with E-state index in [9.17, 15) is 44.3 Å². The lowest BCUT2D eigenvalue weighted by Crippen LogP contribution is -2.59. The maximum absolute atomic E-state index is 13.1. The molecule has 1 atom stereocenters. The Morgan fingerprint density at radius 3 is 1.96 bits per heavy atom. The van der Waals surface area contributed by atoms with Gasteiger partial charge in [-0.2, -0.15) is 34.8 Å². The maximum atomic E-state index is 13.1. The van der Waals surface area contributed by atoms with E-state index in [2.05, 4.69) is 20.8 Å². The summed E-state index contributed by atoms with van der Waals surface area (Å²) in [6, 6.07) is 0. The SMILES string of the molecule is C=C(F)C(=O)OC(OCC(F)(F)S(=O)(=O)O)(C(=O)OCC)C(F)(F)F. The van der Waals surface area contributed by atoms with Gasteiger partial charge in [-0.1, -0.05) is 6.58 Å². The average molecular weight is 404 g/mol. The highest BCUT2D eigenvalue weighted by Crippen LogP contribution is 2.38. The molecule has 25 heavy (non-hydrogen) atoms. The fraction of sp³-hybridized carbons (Fsp3) is 0.600. The summed E-state index contributed by atoms with van der Waals surface area (Å²) in [6.45, 7) is -0.336. The van der Waals surface area contributed by atoms with E-state index in [1.54, 1.807) is 0 Å². The summed E-state index contributed by atoms with van der Waals surface area (Å²) in [5.74, 6) is -12.2. The highest BCUT2D eigenvalue weighted by molar-refractivity contribution is 7.86. The van der Waals surface area contributed by atoms with Gasteiger partial charge >= 0.3 is 39.3 Å². The van der Waals surface area contributed by atoms with Gasteiger partial charge in [0.1, 0.15) is 6.61 Å². The monoisotopic (exact) mass is 404 g/mol. The molecule has 0 aliphatic rings. The standard InChI is InChI=1S/C10H10F6O8S/c1-3-22-7(18)9(10(14,15)16,24-6(17)5(2)11)23-4-8(12,13)25(19,20)21/h2-4H2,1H3,(H,19,20,21). The molecule has 0 aromatic heterocycles. The van der Waals surface area contributed by atoms with Crippen LogP contribution in [-0.4, -0.2) is 55.3 Å². The Labute approximate surface area is 136 Å². The van der Waals surface area contributed by atoms with E-state index in [1.165, 1.54) is 0 Å². The van der Waals surface area contributed by atoms with Gasteiger partial charge in [-0.25, -0.2) is 9.59 Å². The molecule has 0 aliphatic heterocycles.